The van der Waals surface area contributed by atoms with E-state index in [0.717, 1.165) is 5.56 Å². The van der Waals surface area contributed by atoms with Gasteiger partial charge in [-0.15, -0.1) is 0 Å². The van der Waals surface area contributed by atoms with Gasteiger partial charge in [-0.25, -0.2) is 12.8 Å². The van der Waals surface area contributed by atoms with Crippen LogP contribution in [0.5, 0.6) is 0 Å². The highest BCUT2D eigenvalue weighted by Crippen LogP contribution is 2.18. The minimum atomic E-state index is -3.03. The number of sulfone groups is 1. The Morgan fingerprint density at radius 1 is 1.44 bits per heavy atom. The van der Waals surface area contributed by atoms with Crippen LogP contribution in [0, 0.1) is 5.82 Å². The Kier molecular flexibility index (Phi) is 5.75. The van der Waals surface area contributed by atoms with Crippen LogP contribution in [0.3, 0.4) is 0 Å². The lowest BCUT2D eigenvalue weighted by atomic mass is 10.1. The van der Waals surface area contributed by atoms with Crippen LogP contribution in [-0.2, 0) is 16.3 Å². The summed E-state index contributed by atoms with van der Waals surface area (Å²) in [6, 6.07) is 4.58. The van der Waals surface area contributed by atoms with Gasteiger partial charge in [-0.2, -0.15) is 0 Å². The number of nitrogens with one attached hydrogen (secondary N) is 1. The van der Waals surface area contributed by atoms with E-state index in [2.05, 4.69) is 21.2 Å². The van der Waals surface area contributed by atoms with E-state index in [1.807, 2.05) is 6.92 Å². The molecule has 0 aromatic heterocycles. The molecule has 18 heavy (non-hydrogen) atoms. The van der Waals surface area contributed by atoms with Crippen LogP contribution in [0.25, 0.3) is 0 Å². The van der Waals surface area contributed by atoms with Gasteiger partial charge in [-0.1, -0.05) is 13.0 Å². The fraction of sp³-hybridized carbons (Fsp3) is 0.500. The van der Waals surface area contributed by atoms with Crippen molar-refractivity contribution in [2.75, 3.05) is 18.6 Å². The zero-order valence-corrected chi connectivity index (χ0v) is 12.8. The highest BCUT2D eigenvalue weighted by Gasteiger charge is 2.15. The molecule has 1 N–H and O–H groups in total. The van der Waals surface area contributed by atoms with Crippen LogP contribution in [0.4, 0.5) is 4.39 Å². The molecular formula is C12H17BrFNO2S. The number of rotatable bonds is 6. The Labute approximate surface area is 116 Å². The third kappa shape index (κ3) is 5.46. The molecule has 0 radical (unpaired) electrons. The molecule has 1 atom stereocenters. The van der Waals surface area contributed by atoms with Gasteiger partial charge >= 0.3 is 0 Å². The molecule has 0 spiro atoms. The molecule has 0 saturated carbocycles. The first-order valence-corrected chi connectivity index (χ1v) is 8.52. The summed E-state index contributed by atoms with van der Waals surface area (Å²) in [6.07, 6.45) is 1.78. The van der Waals surface area contributed by atoms with Crippen molar-refractivity contribution in [3.63, 3.8) is 0 Å². The number of benzene rings is 1. The Morgan fingerprint density at radius 2 is 2.11 bits per heavy atom. The topological polar surface area (TPSA) is 46.2 Å². The van der Waals surface area contributed by atoms with E-state index < -0.39 is 9.84 Å². The molecule has 0 heterocycles. The minimum absolute atomic E-state index is 0.0792. The second-order valence-corrected chi connectivity index (χ2v) is 7.34. The summed E-state index contributed by atoms with van der Waals surface area (Å²) in [5.74, 6) is -0.239. The Morgan fingerprint density at radius 3 is 2.61 bits per heavy atom. The molecule has 6 heteroatoms. The molecule has 0 aliphatic carbocycles. The quantitative estimate of drug-likeness (QED) is 0.865. The predicted octanol–water partition coefficient (Wildman–Crippen LogP) is 2.15. The summed E-state index contributed by atoms with van der Waals surface area (Å²) in [7, 11) is -3.03. The lowest BCUT2D eigenvalue weighted by molar-refractivity contribution is 0.544. The van der Waals surface area contributed by atoms with Gasteiger partial charge in [0.25, 0.3) is 0 Å². The molecule has 1 rings (SSSR count). The maximum Gasteiger partial charge on any atom is 0.148 e. The van der Waals surface area contributed by atoms with E-state index >= 15 is 0 Å². The number of likely N-dealkylation sites (N-methyl/N-ethyl adjacent to an activating group) is 1. The fourth-order valence-electron chi connectivity index (χ4n) is 1.80. The second-order valence-electron chi connectivity index (χ2n) is 4.30. The van der Waals surface area contributed by atoms with Crippen LogP contribution in [0.1, 0.15) is 12.5 Å². The summed E-state index contributed by atoms with van der Waals surface area (Å²) in [5.41, 5.74) is 0.901. The SMILES string of the molecule is CCNC(Cc1ccc(F)c(Br)c1)CS(C)(=O)=O. The van der Waals surface area contributed by atoms with Crippen LogP contribution in [0.2, 0.25) is 0 Å². The fourth-order valence-corrected chi connectivity index (χ4v) is 3.19. The van der Waals surface area contributed by atoms with Crippen molar-refractivity contribution in [2.24, 2.45) is 0 Å². The molecule has 0 amide bonds. The molecule has 102 valence electrons. The summed E-state index contributed by atoms with van der Waals surface area (Å²) < 4.78 is 36.1. The summed E-state index contributed by atoms with van der Waals surface area (Å²) in [6.45, 7) is 2.62. The maximum absolute atomic E-state index is 13.1. The van der Waals surface area contributed by atoms with Crippen molar-refractivity contribution in [1.82, 2.24) is 5.32 Å². The highest BCUT2D eigenvalue weighted by atomic mass is 79.9. The van der Waals surface area contributed by atoms with E-state index in [-0.39, 0.29) is 17.6 Å². The van der Waals surface area contributed by atoms with E-state index in [1.165, 1.54) is 12.3 Å². The average Bonchev–Trinajstić information content (AvgIpc) is 2.21. The van der Waals surface area contributed by atoms with E-state index in [4.69, 9.17) is 0 Å². The van der Waals surface area contributed by atoms with Crippen molar-refractivity contribution in [2.45, 2.75) is 19.4 Å². The minimum Gasteiger partial charge on any atom is -0.313 e. The Hall–Kier alpha value is -0.460. The molecular weight excluding hydrogens is 321 g/mol. The van der Waals surface area contributed by atoms with Gasteiger partial charge in [0.2, 0.25) is 0 Å². The van der Waals surface area contributed by atoms with Crippen LogP contribution >= 0.6 is 15.9 Å². The van der Waals surface area contributed by atoms with Crippen molar-refractivity contribution >= 4 is 25.8 Å². The molecule has 0 bridgehead atoms. The number of halogens is 2. The number of hydrogen-bond acceptors (Lipinski definition) is 3. The highest BCUT2D eigenvalue weighted by molar-refractivity contribution is 9.10. The molecule has 3 nitrogen and oxygen atoms in total. The molecule has 1 unspecified atom stereocenters. The second kappa shape index (κ2) is 6.63. The average molecular weight is 338 g/mol. The van der Waals surface area contributed by atoms with Gasteiger partial charge in [-0.3, -0.25) is 0 Å². The number of hydrogen-bond donors (Lipinski definition) is 1. The van der Waals surface area contributed by atoms with Gasteiger partial charge in [0.15, 0.2) is 0 Å². The molecule has 0 saturated heterocycles. The van der Waals surface area contributed by atoms with Crippen LogP contribution in [0.15, 0.2) is 22.7 Å². The van der Waals surface area contributed by atoms with Crippen molar-refractivity contribution < 1.29 is 12.8 Å². The zero-order chi connectivity index (χ0) is 13.8. The van der Waals surface area contributed by atoms with E-state index in [0.29, 0.717) is 17.4 Å². The predicted molar refractivity (Wildman–Crippen MR) is 75.0 cm³/mol. The maximum atomic E-state index is 13.1. The third-order valence-electron chi connectivity index (χ3n) is 2.46. The van der Waals surface area contributed by atoms with Gasteiger partial charge in [-0.05, 0) is 46.6 Å². The normalized spacial score (nSPS) is 13.6. The van der Waals surface area contributed by atoms with Gasteiger partial charge in [0.1, 0.15) is 15.7 Å². The molecule has 1 aromatic carbocycles. The Balaban J connectivity index is 2.79. The first-order valence-electron chi connectivity index (χ1n) is 5.67. The monoisotopic (exact) mass is 337 g/mol. The summed E-state index contributed by atoms with van der Waals surface area (Å²) >= 11 is 3.12. The van der Waals surface area contributed by atoms with Crippen molar-refractivity contribution in [3.05, 3.63) is 34.1 Å². The summed E-state index contributed by atoms with van der Waals surface area (Å²) in [4.78, 5) is 0. The van der Waals surface area contributed by atoms with Crippen molar-refractivity contribution in [1.29, 1.82) is 0 Å². The van der Waals surface area contributed by atoms with E-state index in [9.17, 15) is 12.8 Å². The third-order valence-corrected chi connectivity index (χ3v) is 4.08. The molecule has 0 aliphatic heterocycles. The summed E-state index contributed by atoms with van der Waals surface area (Å²) in [5, 5.41) is 3.13. The molecule has 0 aliphatic rings. The first-order chi connectivity index (χ1) is 8.31. The van der Waals surface area contributed by atoms with Gasteiger partial charge in [0, 0.05) is 12.3 Å². The van der Waals surface area contributed by atoms with Crippen LogP contribution in [-0.4, -0.2) is 33.0 Å². The Bertz CT molecular complexity index is 505. The molecule has 1 aromatic rings. The van der Waals surface area contributed by atoms with E-state index in [1.54, 1.807) is 12.1 Å². The van der Waals surface area contributed by atoms with Gasteiger partial charge < -0.3 is 5.32 Å². The first kappa shape index (κ1) is 15.6. The lowest BCUT2D eigenvalue weighted by Gasteiger charge is -2.17. The lowest BCUT2D eigenvalue weighted by Crippen LogP contribution is -2.37. The standard InChI is InChI=1S/C12H17BrFNO2S/c1-3-15-10(8-18(2,16)17)6-9-4-5-12(14)11(13)7-9/h4-5,7,10,15H,3,6,8H2,1-2H3. The largest absolute Gasteiger partial charge is 0.313 e. The van der Waals surface area contributed by atoms with Crippen LogP contribution < -0.4 is 5.32 Å². The zero-order valence-electron chi connectivity index (χ0n) is 10.4. The smallest absolute Gasteiger partial charge is 0.148 e. The molecule has 0 fully saturated rings. The van der Waals surface area contributed by atoms with Crippen molar-refractivity contribution in [3.8, 4) is 0 Å². The van der Waals surface area contributed by atoms with Gasteiger partial charge in [0.05, 0.1) is 10.2 Å².